The van der Waals surface area contributed by atoms with Crippen molar-refractivity contribution in [2.24, 2.45) is 0 Å². The number of hydrogen-bond donors (Lipinski definition) is 2. The van der Waals surface area contributed by atoms with Crippen LogP contribution in [0.15, 0.2) is 30.3 Å². The van der Waals surface area contributed by atoms with Crippen LogP contribution < -0.4 is 10.1 Å². The Bertz CT molecular complexity index is 749. The number of benzene rings is 1. The summed E-state index contributed by atoms with van der Waals surface area (Å²) in [6, 6.07) is 7.12. The van der Waals surface area contributed by atoms with E-state index in [0.29, 0.717) is 10.4 Å². The van der Waals surface area contributed by atoms with E-state index in [1.165, 1.54) is 18.2 Å². The van der Waals surface area contributed by atoms with Gasteiger partial charge in [0.15, 0.2) is 5.75 Å². The van der Waals surface area contributed by atoms with Gasteiger partial charge in [0.1, 0.15) is 16.4 Å². The molecule has 0 saturated carbocycles. The Labute approximate surface area is 141 Å². The van der Waals surface area contributed by atoms with E-state index < -0.39 is 17.8 Å². The molecule has 0 unspecified atom stereocenters. The second-order valence-electron chi connectivity index (χ2n) is 5.81. The fourth-order valence-corrected chi connectivity index (χ4v) is 2.76. The van der Waals surface area contributed by atoms with E-state index in [1.807, 2.05) is 0 Å². The van der Waals surface area contributed by atoms with Gasteiger partial charge in [-0.3, -0.25) is 5.32 Å². The second kappa shape index (κ2) is 6.88. The van der Waals surface area contributed by atoms with Crippen molar-refractivity contribution in [2.75, 3.05) is 5.32 Å². The SMILES string of the molecule is CC(C)(C)OC(=O)Nc1sc(-c2ccc(F)cc2)cc1OC(=O)O. The lowest BCUT2D eigenvalue weighted by atomic mass is 10.2. The molecule has 2 rings (SSSR count). The zero-order valence-corrected chi connectivity index (χ0v) is 14.1. The van der Waals surface area contributed by atoms with E-state index in [1.54, 1.807) is 32.9 Å². The third kappa shape index (κ3) is 4.95. The molecule has 6 nitrogen and oxygen atoms in total. The van der Waals surface area contributed by atoms with E-state index in [2.05, 4.69) is 10.1 Å². The van der Waals surface area contributed by atoms with Crippen LogP contribution in [0.2, 0.25) is 0 Å². The first-order valence-corrected chi connectivity index (χ1v) is 7.76. The Morgan fingerprint density at radius 2 is 1.83 bits per heavy atom. The van der Waals surface area contributed by atoms with Crippen LogP contribution in [-0.2, 0) is 4.74 Å². The molecule has 0 radical (unpaired) electrons. The van der Waals surface area contributed by atoms with E-state index in [0.717, 1.165) is 11.3 Å². The Kier molecular flexibility index (Phi) is 5.08. The summed E-state index contributed by atoms with van der Waals surface area (Å²) in [4.78, 5) is 23.3. The van der Waals surface area contributed by atoms with E-state index in [4.69, 9.17) is 9.84 Å². The summed E-state index contributed by atoms with van der Waals surface area (Å²) in [6.07, 6.45) is -2.24. The average molecular weight is 353 g/mol. The molecule has 0 saturated heterocycles. The second-order valence-corrected chi connectivity index (χ2v) is 6.86. The summed E-state index contributed by atoms with van der Waals surface area (Å²) in [6.45, 7) is 5.12. The molecule has 8 heteroatoms. The zero-order valence-electron chi connectivity index (χ0n) is 13.3. The largest absolute Gasteiger partial charge is 0.511 e. The summed E-state index contributed by atoms with van der Waals surface area (Å²) >= 11 is 1.09. The minimum Gasteiger partial charge on any atom is -0.449 e. The van der Waals surface area contributed by atoms with Gasteiger partial charge in [-0.05, 0) is 38.5 Å². The number of hydrogen-bond acceptors (Lipinski definition) is 5. The van der Waals surface area contributed by atoms with Crippen LogP contribution in [-0.4, -0.2) is 23.0 Å². The Balaban J connectivity index is 2.29. The number of nitrogens with one attached hydrogen (secondary N) is 1. The smallest absolute Gasteiger partial charge is 0.449 e. The van der Waals surface area contributed by atoms with Crippen LogP contribution in [0.5, 0.6) is 5.75 Å². The lowest BCUT2D eigenvalue weighted by Gasteiger charge is -2.19. The molecule has 0 aliphatic heterocycles. The maximum Gasteiger partial charge on any atom is 0.511 e. The summed E-state index contributed by atoms with van der Waals surface area (Å²) < 4.78 is 22.8. The Hall–Kier alpha value is -2.61. The fraction of sp³-hybridized carbons (Fsp3) is 0.250. The number of carboxylic acid groups (broad SMARTS) is 1. The van der Waals surface area contributed by atoms with Crippen LogP contribution in [0.1, 0.15) is 20.8 Å². The minimum atomic E-state index is -1.51. The lowest BCUT2D eigenvalue weighted by molar-refractivity contribution is 0.0635. The van der Waals surface area contributed by atoms with Crippen molar-refractivity contribution in [1.29, 1.82) is 0 Å². The van der Waals surface area contributed by atoms with Crippen LogP contribution in [0, 0.1) is 5.82 Å². The predicted molar refractivity (Wildman–Crippen MR) is 88.2 cm³/mol. The van der Waals surface area contributed by atoms with Crippen molar-refractivity contribution in [3.8, 4) is 16.2 Å². The topological polar surface area (TPSA) is 84.9 Å². The predicted octanol–water partition coefficient (Wildman–Crippen LogP) is 4.96. The molecule has 128 valence electrons. The van der Waals surface area contributed by atoms with Gasteiger partial charge in [-0.15, -0.1) is 11.3 Å². The molecule has 0 fully saturated rings. The van der Waals surface area contributed by atoms with Gasteiger partial charge in [-0.2, -0.15) is 0 Å². The van der Waals surface area contributed by atoms with Crippen molar-refractivity contribution in [3.05, 3.63) is 36.1 Å². The highest BCUT2D eigenvalue weighted by Gasteiger charge is 2.21. The van der Waals surface area contributed by atoms with Crippen molar-refractivity contribution < 1.29 is 28.6 Å². The van der Waals surface area contributed by atoms with Crippen LogP contribution in [0.4, 0.5) is 19.0 Å². The summed E-state index contributed by atoms with van der Waals surface area (Å²) in [5, 5.41) is 11.5. The van der Waals surface area contributed by atoms with E-state index in [9.17, 15) is 14.0 Å². The first kappa shape index (κ1) is 17.7. The number of halogens is 1. The molecule has 2 N–H and O–H groups in total. The molecule has 0 aliphatic rings. The van der Waals surface area contributed by atoms with E-state index >= 15 is 0 Å². The number of carbonyl (C=O) groups excluding carboxylic acids is 1. The van der Waals surface area contributed by atoms with Gasteiger partial charge in [-0.25, -0.2) is 14.0 Å². The monoisotopic (exact) mass is 353 g/mol. The maximum atomic E-state index is 13.0. The number of carbonyl (C=O) groups is 2. The standard InChI is InChI=1S/C16H16FNO5S/c1-16(2,3)23-14(19)18-13-11(22-15(20)21)8-12(24-13)9-4-6-10(17)7-5-9/h4-8H,1-3H3,(H,18,19)(H,20,21). The Morgan fingerprint density at radius 3 is 2.38 bits per heavy atom. The van der Waals surface area contributed by atoms with Gasteiger partial charge in [0.05, 0.1) is 0 Å². The van der Waals surface area contributed by atoms with Crippen LogP contribution >= 0.6 is 11.3 Å². The number of rotatable bonds is 3. The first-order valence-electron chi connectivity index (χ1n) is 6.94. The zero-order chi connectivity index (χ0) is 17.9. The number of thiophene rings is 1. The minimum absolute atomic E-state index is 0.0299. The van der Waals surface area contributed by atoms with Gasteiger partial charge < -0.3 is 14.6 Å². The summed E-state index contributed by atoms with van der Waals surface area (Å²) in [5.74, 6) is -0.415. The molecular formula is C16H16FNO5S. The number of anilines is 1. The lowest BCUT2D eigenvalue weighted by Crippen LogP contribution is -2.27. The summed E-state index contributed by atoms with van der Waals surface area (Å²) in [5.41, 5.74) is -0.0385. The highest BCUT2D eigenvalue weighted by atomic mass is 32.1. The third-order valence-corrected chi connectivity index (χ3v) is 3.72. The number of amides is 1. The normalized spacial score (nSPS) is 11.0. The number of ether oxygens (including phenoxy) is 2. The molecule has 1 heterocycles. The van der Waals surface area contributed by atoms with Crippen LogP contribution in [0.3, 0.4) is 0 Å². The first-order chi connectivity index (χ1) is 11.1. The molecule has 0 bridgehead atoms. The molecule has 0 atom stereocenters. The Morgan fingerprint density at radius 1 is 1.21 bits per heavy atom. The highest BCUT2D eigenvalue weighted by Crippen LogP contribution is 2.41. The fourth-order valence-electron chi connectivity index (χ4n) is 1.78. The molecule has 2 aromatic rings. The molecule has 24 heavy (non-hydrogen) atoms. The van der Waals surface area contributed by atoms with Gasteiger partial charge in [0.2, 0.25) is 0 Å². The highest BCUT2D eigenvalue weighted by molar-refractivity contribution is 7.20. The van der Waals surface area contributed by atoms with Crippen molar-refractivity contribution in [3.63, 3.8) is 0 Å². The van der Waals surface area contributed by atoms with Gasteiger partial charge >= 0.3 is 12.2 Å². The van der Waals surface area contributed by atoms with Gasteiger partial charge in [0, 0.05) is 10.9 Å². The molecular weight excluding hydrogens is 337 g/mol. The van der Waals surface area contributed by atoms with E-state index in [-0.39, 0.29) is 16.6 Å². The molecule has 0 spiro atoms. The molecule has 0 aliphatic carbocycles. The average Bonchev–Trinajstić information content (AvgIpc) is 2.79. The van der Waals surface area contributed by atoms with Gasteiger partial charge in [0.25, 0.3) is 0 Å². The van der Waals surface area contributed by atoms with Crippen molar-refractivity contribution in [1.82, 2.24) is 0 Å². The van der Waals surface area contributed by atoms with Crippen molar-refractivity contribution in [2.45, 2.75) is 26.4 Å². The van der Waals surface area contributed by atoms with Crippen molar-refractivity contribution >= 4 is 28.6 Å². The maximum absolute atomic E-state index is 13.0. The summed E-state index contributed by atoms with van der Waals surface area (Å²) in [7, 11) is 0. The quantitative estimate of drug-likeness (QED) is 0.762. The molecule has 1 aromatic heterocycles. The van der Waals surface area contributed by atoms with Gasteiger partial charge in [-0.1, -0.05) is 12.1 Å². The third-order valence-electron chi connectivity index (χ3n) is 2.64. The molecule has 1 amide bonds. The molecule has 1 aromatic carbocycles. The van der Waals surface area contributed by atoms with Crippen LogP contribution in [0.25, 0.3) is 10.4 Å².